The molecule has 152 valence electrons. The Bertz CT molecular complexity index is 1210. The molecule has 0 spiro atoms. The predicted octanol–water partition coefficient (Wildman–Crippen LogP) is 1.16. The van der Waals surface area contributed by atoms with Gasteiger partial charge in [-0.2, -0.15) is 5.10 Å². The van der Waals surface area contributed by atoms with Gasteiger partial charge < -0.3 is 16.4 Å². The Kier molecular flexibility index (Phi) is 3.79. The number of hydrogen-bond acceptors (Lipinski definition) is 7. The van der Waals surface area contributed by atoms with E-state index in [0.29, 0.717) is 35.8 Å². The minimum absolute atomic E-state index is 0.418. The van der Waals surface area contributed by atoms with Crippen molar-refractivity contribution in [1.82, 2.24) is 30.2 Å². The number of fused-ring (bicyclic) bond motifs is 2. The van der Waals surface area contributed by atoms with Crippen molar-refractivity contribution in [3.05, 3.63) is 59.4 Å². The molecule has 4 heterocycles. The molecule has 4 aromatic rings. The van der Waals surface area contributed by atoms with Crippen LogP contribution in [0.15, 0.2) is 42.7 Å². The largest absolute Gasteiger partial charge is 0.384 e. The Morgan fingerprint density at radius 1 is 1.13 bits per heavy atom. The van der Waals surface area contributed by atoms with Crippen LogP contribution in [0.2, 0.25) is 0 Å². The fraction of sp³-hybridized carbons (Fsp3) is 0.333. The van der Waals surface area contributed by atoms with Crippen LogP contribution in [0.3, 0.4) is 0 Å². The quantitative estimate of drug-likeness (QED) is 0.458. The molecule has 9 heteroatoms. The van der Waals surface area contributed by atoms with E-state index in [1.165, 1.54) is 11.3 Å². The number of pyridine rings is 1. The summed E-state index contributed by atoms with van der Waals surface area (Å²) in [6, 6.07) is 11.0. The Morgan fingerprint density at radius 3 is 2.87 bits per heavy atom. The van der Waals surface area contributed by atoms with E-state index in [4.69, 9.17) is 11.5 Å². The maximum atomic E-state index is 6.08. The average molecular weight is 401 g/mol. The first-order valence-corrected chi connectivity index (χ1v) is 10.2. The zero-order valence-corrected chi connectivity index (χ0v) is 16.4. The van der Waals surface area contributed by atoms with Crippen LogP contribution in [-0.2, 0) is 13.0 Å². The van der Waals surface area contributed by atoms with Crippen LogP contribution < -0.4 is 16.4 Å². The Labute approximate surface area is 173 Å². The molecule has 30 heavy (non-hydrogen) atoms. The van der Waals surface area contributed by atoms with E-state index < -0.39 is 0 Å². The van der Waals surface area contributed by atoms with E-state index in [1.54, 1.807) is 0 Å². The minimum Gasteiger partial charge on any atom is -0.384 e. The maximum absolute atomic E-state index is 6.08. The number of piperidine rings is 1. The molecule has 0 radical (unpaired) electrons. The van der Waals surface area contributed by atoms with Crippen LogP contribution in [0.5, 0.6) is 0 Å². The Balaban J connectivity index is 1.18. The van der Waals surface area contributed by atoms with Crippen LogP contribution in [0.1, 0.15) is 16.7 Å². The summed E-state index contributed by atoms with van der Waals surface area (Å²) < 4.78 is 1.97. The Hall–Kier alpha value is -3.46. The fourth-order valence-electron chi connectivity index (χ4n) is 4.69. The third-order valence-corrected chi connectivity index (χ3v) is 6.36. The first kappa shape index (κ1) is 17.4. The van der Waals surface area contributed by atoms with Crippen LogP contribution in [0.4, 0.5) is 11.5 Å². The monoisotopic (exact) mass is 401 g/mol. The molecule has 0 bridgehead atoms. The zero-order valence-electron chi connectivity index (χ0n) is 16.4. The second kappa shape index (κ2) is 6.53. The van der Waals surface area contributed by atoms with Crippen LogP contribution in [0, 0.1) is 11.8 Å². The van der Waals surface area contributed by atoms with Gasteiger partial charge in [0.15, 0.2) is 5.65 Å². The van der Waals surface area contributed by atoms with Crippen molar-refractivity contribution in [1.29, 1.82) is 0 Å². The molecule has 2 atom stereocenters. The van der Waals surface area contributed by atoms with E-state index in [0.717, 1.165) is 36.3 Å². The van der Waals surface area contributed by atoms with Gasteiger partial charge in [0.2, 0.25) is 0 Å². The molecule has 6 rings (SSSR count). The summed E-state index contributed by atoms with van der Waals surface area (Å²) >= 11 is 0. The number of aromatic amines is 1. The number of nitrogens with zero attached hydrogens (tertiary/aromatic N) is 6. The minimum atomic E-state index is 0.418. The molecule has 2 fully saturated rings. The lowest BCUT2D eigenvalue weighted by molar-refractivity contribution is 0.685. The van der Waals surface area contributed by atoms with Crippen LogP contribution in [0.25, 0.3) is 11.2 Å². The van der Waals surface area contributed by atoms with Crippen LogP contribution in [-0.4, -0.2) is 49.3 Å². The smallest absolute Gasteiger partial charge is 0.178 e. The van der Waals surface area contributed by atoms with Crippen molar-refractivity contribution in [3.63, 3.8) is 0 Å². The number of hydrogen-bond donors (Lipinski definition) is 3. The third-order valence-electron chi connectivity index (χ3n) is 6.36. The van der Waals surface area contributed by atoms with Gasteiger partial charge >= 0.3 is 0 Å². The van der Waals surface area contributed by atoms with E-state index in [2.05, 4.69) is 60.9 Å². The summed E-state index contributed by atoms with van der Waals surface area (Å²) in [4.78, 5) is 6.67. The second-order valence-electron chi connectivity index (χ2n) is 8.42. The first-order valence-electron chi connectivity index (χ1n) is 10.2. The van der Waals surface area contributed by atoms with Crippen molar-refractivity contribution in [2.75, 3.05) is 23.7 Å². The molecule has 1 saturated heterocycles. The number of rotatable bonds is 5. The van der Waals surface area contributed by atoms with Gasteiger partial charge in [0.25, 0.3) is 0 Å². The van der Waals surface area contributed by atoms with Crippen LogP contribution >= 0.6 is 0 Å². The highest BCUT2D eigenvalue weighted by Crippen LogP contribution is 2.45. The highest BCUT2D eigenvalue weighted by molar-refractivity contribution is 5.76. The average Bonchev–Trinajstić information content (AvgIpc) is 3.25. The maximum Gasteiger partial charge on any atom is 0.178 e. The summed E-state index contributed by atoms with van der Waals surface area (Å²) in [5, 5.41) is 15.3. The molecule has 1 aromatic carbocycles. The van der Waals surface area contributed by atoms with Gasteiger partial charge in [-0.1, -0.05) is 17.3 Å². The summed E-state index contributed by atoms with van der Waals surface area (Å²) in [5.74, 6) is 1.81. The number of benzene rings is 1. The first-order chi connectivity index (χ1) is 14.6. The van der Waals surface area contributed by atoms with Gasteiger partial charge in [-0.25, -0.2) is 10.1 Å². The van der Waals surface area contributed by atoms with Gasteiger partial charge in [-0.15, -0.1) is 5.10 Å². The molecular weight excluding hydrogens is 378 g/mol. The third kappa shape index (κ3) is 2.98. The highest BCUT2D eigenvalue weighted by Gasteiger charge is 2.53. The highest BCUT2D eigenvalue weighted by atomic mass is 15.3. The van der Waals surface area contributed by atoms with Gasteiger partial charge in [0, 0.05) is 37.4 Å². The second-order valence-corrected chi connectivity index (χ2v) is 8.42. The number of nitrogens with one attached hydrogen (secondary N) is 1. The summed E-state index contributed by atoms with van der Waals surface area (Å²) in [6.07, 6.45) is 4.63. The predicted molar refractivity (Wildman–Crippen MR) is 114 cm³/mol. The molecular formula is C21H23N9. The van der Waals surface area contributed by atoms with Gasteiger partial charge in [0.05, 0.1) is 12.7 Å². The normalized spacial score (nSPS) is 22.6. The number of anilines is 2. The van der Waals surface area contributed by atoms with Crippen molar-refractivity contribution in [3.8, 4) is 0 Å². The summed E-state index contributed by atoms with van der Waals surface area (Å²) in [7, 11) is 0. The molecule has 1 aliphatic carbocycles. The molecule has 0 amide bonds. The molecule has 9 nitrogen and oxygen atoms in total. The standard InChI is InChI=1S/C21H23N9/c22-18-6-14(20-21(25-18)27-28-26-20)4-13-7-24-30(9-13)8-12-2-1-3-15(5-12)29-10-16-17(11-29)19(16)23/h1-3,5-7,9,16-17,19H,4,8,10-11,23H2,(H3,22,25,26,27,28). The van der Waals surface area contributed by atoms with Crippen molar-refractivity contribution in [2.24, 2.45) is 17.6 Å². The van der Waals surface area contributed by atoms with E-state index in [-0.39, 0.29) is 0 Å². The van der Waals surface area contributed by atoms with Gasteiger partial charge in [-0.05, 0) is 46.7 Å². The lowest BCUT2D eigenvalue weighted by Gasteiger charge is -2.22. The molecule has 2 aliphatic rings. The number of H-pyrrole nitrogens is 1. The lowest BCUT2D eigenvalue weighted by atomic mass is 10.1. The molecule has 2 unspecified atom stereocenters. The lowest BCUT2D eigenvalue weighted by Crippen LogP contribution is -2.27. The SMILES string of the molecule is Nc1cc(Cc2cnn(Cc3cccc(N4CC5C(N)C5C4)c3)c2)c2nn[nH]c2n1. The zero-order chi connectivity index (χ0) is 20.2. The Morgan fingerprint density at radius 2 is 2.00 bits per heavy atom. The molecule has 1 aliphatic heterocycles. The van der Waals surface area contributed by atoms with Crippen molar-refractivity contribution in [2.45, 2.75) is 19.0 Å². The topological polar surface area (TPSA) is 128 Å². The van der Waals surface area contributed by atoms with Crippen molar-refractivity contribution >= 4 is 22.7 Å². The van der Waals surface area contributed by atoms with E-state index in [1.807, 2.05) is 16.9 Å². The van der Waals surface area contributed by atoms with E-state index >= 15 is 0 Å². The summed E-state index contributed by atoms with van der Waals surface area (Å²) in [5.41, 5.74) is 17.9. The number of aromatic nitrogens is 6. The molecule has 1 saturated carbocycles. The molecule has 3 aromatic heterocycles. The number of nitrogen functional groups attached to an aromatic ring is 1. The number of nitrogens with two attached hydrogens (primary N) is 2. The molecule has 5 N–H and O–H groups in total. The van der Waals surface area contributed by atoms with E-state index in [9.17, 15) is 0 Å². The van der Waals surface area contributed by atoms with Gasteiger partial charge in [-0.3, -0.25) is 4.68 Å². The fourth-order valence-corrected chi connectivity index (χ4v) is 4.69. The van der Waals surface area contributed by atoms with Gasteiger partial charge in [0.1, 0.15) is 11.3 Å². The summed E-state index contributed by atoms with van der Waals surface area (Å²) in [6.45, 7) is 2.88. The van der Waals surface area contributed by atoms with Crippen molar-refractivity contribution < 1.29 is 0 Å².